The second-order valence-corrected chi connectivity index (χ2v) is 4.06. The van der Waals surface area contributed by atoms with Crippen LogP contribution < -0.4 is 4.74 Å². The molecular weight excluding hydrogens is 180 g/mol. The standard InChI is InChI=1S/C11H12OS/c1-2-9-7-13-8-11(9)12-10-5-3-4-6-10/h1,7-8,10H,3-6H2. The largest absolute Gasteiger partial charge is 0.488 e. The van der Waals surface area contributed by atoms with Gasteiger partial charge in [0.2, 0.25) is 0 Å². The summed E-state index contributed by atoms with van der Waals surface area (Å²) in [6.45, 7) is 0. The highest BCUT2D eigenvalue weighted by atomic mass is 32.1. The van der Waals surface area contributed by atoms with Crippen LogP contribution in [0.25, 0.3) is 0 Å². The number of terminal acetylenes is 1. The van der Waals surface area contributed by atoms with Gasteiger partial charge in [-0.2, -0.15) is 0 Å². The minimum atomic E-state index is 0.404. The van der Waals surface area contributed by atoms with Crippen molar-refractivity contribution in [3.63, 3.8) is 0 Å². The Balaban J connectivity index is 2.04. The molecule has 1 nitrogen and oxygen atoms in total. The molecule has 1 aromatic heterocycles. The summed E-state index contributed by atoms with van der Waals surface area (Å²) in [6.07, 6.45) is 10.7. The zero-order chi connectivity index (χ0) is 9.10. The van der Waals surface area contributed by atoms with Gasteiger partial charge in [-0.3, -0.25) is 0 Å². The molecule has 1 aliphatic rings. The molecule has 0 aromatic carbocycles. The van der Waals surface area contributed by atoms with E-state index in [2.05, 4.69) is 5.92 Å². The van der Waals surface area contributed by atoms with E-state index in [-0.39, 0.29) is 0 Å². The van der Waals surface area contributed by atoms with Crippen LogP contribution in [0, 0.1) is 12.3 Å². The number of thiophene rings is 1. The van der Waals surface area contributed by atoms with Gasteiger partial charge in [-0.1, -0.05) is 5.92 Å². The van der Waals surface area contributed by atoms with E-state index in [1.807, 2.05) is 10.8 Å². The van der Waals surface area contributed by atoms with Crippen molar-refractivity contribution in [2.24, 2.45) is 0 Å². The lowest BCUT2D eigenvalue weighted by Gasteiger charge is -2.11. The second kappa shape index (κ2) is 3.85. The van der Waals surface area contributed by atoms with Crippen molar-refractivity contribution in [1.29, 1.82) is 0 Å². The first kappa shape index (κ1) is 8.65. The molecule has 0 aliphatic heterocycles. The first-order valence-electron chi connectivity index (χ1n) is 4.59. The maximum absolute atomic E-state index is 5.81. The van der Waals surface area contributed by atoms with Crippen LogP contribution in [-0.4, -0.2) is 6.10 Å². The zero-order valence-electron chi connectivity index (χ0n) is 7.45. The lowest BCUT2D eigenvalue weighted by molar-refractivity contribution is 0.210. The third-order valence-electron chi connectivity index (χ3n) is 2.38. The highest BCUT2D eigenvalue weighted by Gasteiger charge is 2.17. The molecule has 0 N–H and O–H groups in total. The molecule has 0 atom stereocenters. The quantitative estimate of drug-likeness (QED) is 0.654. The Hall–Kier alpha value is -0.940. The van der Waals surface area contributed by atoms with E-state index in [9.17, 15) is 0 Å². The summed E-state index contributed by atoms with van der Waals surface area (Å²) in [5.41, 5.74) is 0.900. The highest BCUT2D eigenvalue weighted by molar-refractivity contribution is 7.08. The van der Waals surface area contributed by atoms with E-state index < -0.39 is 0 Å². The van der Waals surface area contributed by atoms with Gasteiger partial charge in [0.15, 0.2) is 0 Å². The second-order valence-electron chi connectivity index (χ2n) is 3.32. The number of hydrogen-bond donors (Lipinski definition) is 0. The van der Waals surface area contributed by atoms with E-state index in [0.717, 1.165) is 11.3 Å². The summed E-state index contributed by atoms with van der Waals surface area (Å²) in [5, 5.41) is 3.96. The number of ether oxygens (including phenoxy) is 1. The zero-order valence-corrected chi connectivity index (χ0v) is 8.27. The lowest BCUT2D eigenvalue weighted by atomic mass is 10.3. The molecule has 1 saturated carbocycles. The molecule has 2 rings (SSSR count). The van der Waals surface area contributed by atoms with Crippen molar-refractivity contribution in [3.05, 3.63) is 16.3 Å². The van der Waals surface area contributed by atoms with Crippen LogP contribution in [0.5, 0.6) is 5.75 Å². The molecule has 68 valence electrons. The highest BCUT2D eigenvalue weighted by Crippen LogP contribution is 2.28. The monoisotopic (exact) mass is 192 g/mol. The summed E-state index contributed by atoms with van der Waals surface area (Å²) >= 11 is 1.61. The first-order valence-corrected chi connectivity index (χ1v) is 5.54. The Kier molecular flexibility index (Phi) is 2.56. The fraction of sp³-hybridized carbons (Fsp3) is 0.455. The third kappa shape index (κ3) is 1.87. The molecule has 1 aromatic rings. The Labute approximate surface area is 82.7 Å². The van der Waals surface area contributed by atoms with Crippen molar-refractivity contribution in [1.82, 2.24) is 0 Å². The van der Waals surface area contributed by atoms with Gasteiger partial charge in [-0.05, 0) is 25.7 Å². The fourth-order valence-electron chi connectivity index (χ4n) is 1.67. The average Bonchev–Trinajstić information content (AvgIpc) is 2.76. The van der Waals surface area contributed by atoms with Crippen molar-refractivity contribution in [2.45, 2.75) is 31.8 Å². The average molecular weight is 192 g/mol. The smallest absolute Gasteiger partial charge is 0.146 e. The van der Waals surface area contributed by atoms with Crippen LogP contribution >= 0.6 is 11.3 Å². The van der Waals surface area contributed by atoms with E-state index >= 15 is 0 Å². The lowest BCUT2D eigenvalue weighted by Crippen LogP contribution is -2.10. The van der Waals surface area contributed by atoms with E-state index in [1.165, 1.54) is 25.7 Å². The SMILES string of the molecule is C#Cc1cscc1OC1CCCC1. The van der Waals surface area contributed by atoms with Crippen LogP contribution in [-0.2, 0) is 0 Å². The molecular formula is C11H12OS. The Morgan fingerprint density at radius 2 is 2.15 bits per heavy atom. The first-order chi connectivity index (χ1) is 6.40. The Morgan fingerprint density at radius 3 is 2.85 bits per heavy atom. The van der Waals surface area contributed by atoms with Crippen LogP contribution in [0.4, 0.5) is 0 Å². The van der Waals surface area contributed by atoms with Gasteiger partial charge >= 0.3 is 0 Å². The van der Waals surface area contributed by atoms with Gasteiger partial charge < -0.3 is 4.74 Å². The molecule has 0 spiro atoms. The van der Waals surface area contributed by atoms with Gasteiger partial charge in [0, 0.05) is 10.8 Å². The number of rotatable bonds is 2. The van der Waals surface area contributed by atoms with Crippen molar-refractivity contribution in [2.75, 3.05) is 0 Å². The summed E-state index contributed by atoms with van der Waals surface area (Å²) in [6, 6.07) is 0. The predicted octanol–water partition coefficient (Wildman–Crippen LogP) is 3.05. The topological polar surface area (TPSA) is 9.23 Å². The number of hydrogen-bond acceptors (Lipinski definition) is 2. The fourth-order valence-corrected chi connectivity index (χ4v) is 2.36. The maximum Gasteiger partial charge on any atom is 0.146 e. The molecule has 0 amide bonds. The van der Waals surface area contributed by atoms with Crippen LogP contribution in [0.1, 0.15) is 31.2 Å². The van der Waals surface area contributed by atoms with E-state index in [4.69, 9.17) is 11.2 Å². The minimum absolute atomic E-state index is 0.404. The molecule has 13 heavy (non-hydrogen) atoms. The van der Waals surface area contributed by atoms with Crippen LogP contribution in [0.15, 0.2) is 10.8 Å². The van der Waals surface area contributed by atoms with Crippen molar-refractivity contribution >= 4 is 11.3 Å². The van der Waals surface area contributed by atoms with Gasteiger partial charge in [0.1, 0.15) is 5.75 Å². The van der Waals surface area contributed by atoms with Crippen molar-refractivity contribution in [3.8, 4) is 18.1 Å². The Bertz CT molecular complexity index is 315. The van der Waals surface area contributed by atoms with E-state index in [1.54, 1.807) is 11.3 Å². The molecule has 0 radical (unpaired) electrons. The molecule has 0 saturated heterocycles. The summed E-state index contributed by atoms with van der Waals surface area (Å²) < 4.78 is 5.81. The Morgan fingerprint density at radius 1 is 1.38 bits per heavy atom. The van der Waals surface area contributed by atoms with Gasteiger partial charge in [0.25, 0.3) is 0 Å². The minimum Gasteiger partial charge on any atom is -0.488 e. The predicted molar refractivity (Wildman–Crippen MR) is 55.1 cm³/mol. The summed E-state index contributed by atoms with van der Waals surface area (Å²) in [4.78, 5) is 0. The molecule has 2 heteroatoms. The normalized spacial score (nSPS) is 17.2. The molecule has 1 fully saturated rings. The van der Waals surface area contributed by atoms with Crippen molar-refractivity contribution < 1.29 is 4.74 Å². The van der Waals surface area contributed by atoms with Gasteiger partial charge in [0.05, 0.1) is 11.7 Å². The molecule has 0 bridgehead atoms. The van der Waals surface area contributed by atoms with E-state index in [0.29, 0.717) is 6.10 Å². The maximum atomic E-state index is 5.81. The molecule has 0 unspecified atom stereocenters. The summed E-state index contributed by atoms with van der Waals surface area (Å²) in [7, 11) is 0. The summed E-state index contributed by atoms with van der Waals surface area (Å²) in [5.74, 6) is 3.54. The molecule has 1 aliphatic carbocycles. The van der Waals surface area contributed by atoms with Crippen LogP contribution in [0.3, 0.4) is 0 Å². The van der Waals surface area contributed by atoms with Gasteiger partial charge in [-0.25, -0.2) is 0 Å². The third-order valence-corrected chi connectivity index (χ3v) is 3.10. The van der Waals surface area contributed by atoms with Gasteiger partial charge in [-0.15, -0.1) is 17.8 Å². The van der Waals surface area contributed by atoms with Crippen LogP contribution in [0.2, 0.25) is 0 Å². The molecule has 1 heterocycles.